The molecule has 3 heteroatoms. The topological polar surface area (TPSA) is 38.7 Å². The minimum absolute atomic E-state index is 0.0263. The first kappa shape index (κ1) is 22.9. The lowest BCUT2D eigenvalue weighted by Crippen LogP contribution is -2.56. The van der Waals surface area contributed by atoms with Crippen molar-refractivity contribution >= 4 is 0 Å². The average molecular weight is 427 g/mol. The molecular weight excluding hydrogens is 384 g/mol. The van der Waals surface area contributed by atoms with Crippen molar-refractivity contribution in [2.75, 3.05) is 13.2 Å². The summed E-state index contributed by atoms with van der Waals surface area (Å²) < 4.78 is 12.4. The number of unbranched alkanes of at least 4 members (excludes halogenated alkanes) is 2. The van der Waals surface area contributed by atoms with Crippen LogP contribution in [0.25, 0.3) is 0 Å². The lowest BCUT2D eigenvalue weighted by Gasteiger charge is -2.57. The van der Waals surface area contributed by atoms with Crippen LogP contribution < -0.4 is 4.74 Å². The molecule has 1 N–H and O–H groups in total. The molecule has 3 aliphatic carbocycles. The molecule has 0 amide bonds. The molecule has 6 atom stereocenters. The molecule has 2 fully saturated rings. The Morgan fingerprint density at radius 1 is 1.13 bits per heavy atom. The van der Waals surface area contributed by atoms with E-state index in [9.17, 15) is 5.11 Å². The fraction of sp³-hybridized carbons (Fsp3) is 0.714. The minimum Gasteiger partial charge on any atom is -0.494 e. The van der Waals surface area contributed by atoms with Gasteiger partial charge in [0.2, 0.25) is 0 Å². The Kier molecular flexibility index (Phi) is 6.84. The van der Waals surface area contributed by atoms with E-state index in [4.69, 9.17) is 9.47 Å². The van der Waals surface area contributed by atoms with Gasteiger partial charge < -0.3 is 14.6 Å². The van der Waals surface area contributed by atoms with Crippen LogP contribution in [0.2, 0.25) is 0 Å². The predicted molar refractivity (Wildman–Crippen MR) is 127 cm³/mol. The van der Waals surface area contributed by atoms with Gasteiger partial charge in [0, 0.05) is 12.5 Å². The molecule has 0 heterocycles. The van der Waals surface area contributed by atoms with Crippen LogP contribution in [-0.4, -0.2) is 30.0 Å². The smallest absolute Gasteiger partial charge is 0.119 e. The zero-order valence-electron chi connectivity index (χ0n) is 19.9. The molecule has 0 radical (unpaired) electrons. The Morgan fingerprint density at radius 3 is 2.65 bits per heavy atom. The van der Waals surface area contributed by atoms with Gasteiger partial charge in [0.05, 0.1) is 18.3 Å². The zero-order valence-corrected chi connectivity index (χ0v) is 19.9. The summed E-state index contributed by atoms with van der Waals surface area (Å²) in [4.78, 5) is 0. The Bertz CT molecular complexity index is 774. The molecule has 0 aromatic heterocycles. The fourth-order valence-electron chi connectivity index (χ4n) is 7.06. The third-order valence-electron chi connectivity index (χ3n) is 8.60. The molecule has 3 aliphatic rings. The highest BCUT2D eigenvalue weighted by atomic mass is 16.5. The summed E-state index contributed by atoms with van der Waals surface area (Å²) in [6.45, 7) is 12.5. The monoisotopic (exact) mass is 426 g/mol. The molecule has 1 aromatic carbocycles. The maximum absolute atomic E-state index is 12.0. The van der Waals surface area contributed by atoms with Gasteiger partial charge in [-0.25, -0.2) is 0 Å². The van der Waals surface area contributed by atoms with Crippen LogP contribution in [0.3, 0.4) is 0 Å². The van der Waals surface area contributed by atoms with Crippen LogP contribution in [0.15, 0.2) is 30.9 Å². The maximum atomic E-state index is 12.0. The van der Waals surface area contributed by atoms with Gasteiger partial charge in [-0.2, -0.15) is 0 Å². The Hall–Kier alpha value is -1.32. The van der Waals surface area contributed by atoms with Crippen molar-refractivity contribution in [1.82, 2.24) is 0 Å². The summed E-state index contributed by atoms with van der Waals surface area (Å²) in [5, 5.41) is 12.0. The van der Waals surface area contributed by atoms with E-state index in [-0.39, 0.29) is 17.4 Å². The zero-order chi connectivity index (χ0) is 22.1. The van der Waals surface area contributed by atoms with Crippen molar-refractivity contribution < 1.29 is 14.6 Å². The largest absolute Gasteiger partial charge is 0.494 e. The molecule has 0 aliphatic heterocycles. The third-order valence-corrected chi connectivity index (χ3v) is 8.60. The van der Waals surface area contributed by atoms with Crippen molar-refractivity contribution in [3.8, 4) is 5.75 Å². The molecule has 3 nitrogen and oxygen atoms in total. The molecule has 3 unspecified atom stereocenters. The highest BCUT2D eigenvalue weighted by molar-refractivity contribution is 5.43. The number of hydrogen-bond donors (Lipinski definition) is 1. The van der Waals surface area contributed by atoms with Crippen molar-refractivity contribution in [2.45, 2.75) is 96.2 Å². The van der Waals surface area contributed by atoms with E-state index in [0.29, 0.717) is 11.8 Å². The normalized spacial score (nSPS) is 36.4. The van der Waals surface area contributed by atoms with Gasteiger partial charge in [0.25, 0.3) is 0 Å². The Labute approximate surface area is 189 Å². The van der Waals surface area contributed by atoms with Crippen molar-refractivity contribution in [2.24, 2.45) is 17.3 Å². The van der Waals surface area contributed by atoms with Crippen LogP contribution >= 0.6 is 0 Å². The van der Waals surface area contributed by atoms with E-state index >= 15 is 0 Å². The molecule has 1 aromatic rings. The second-order valence-electron chi connectivity index (χ2n) is 10.5. The third kappa shape index (κ3) is 4.09. The van der Waals surface area contributed by atoms with Crippen LogP contribution in [0.4, 0.5) is 0 Å². The summed E-state index contributed by atoms with van der Waals surface area (Å²) in [6, 6.07) is 6.57. The maximum Gasteiger partial charge on any atom is 0.119 e. The van der Waals surface area contributed by atoms with Crippen molar-refractivity contribution in [3.63, 3.8) is 0 Å². The molecular formula is C28H42O3. The minimum atomic E-state index is -0.883. The number of ether oxygens (including phenoxy) is 2. The van der Waals surface area contributed by atoms with E-state index in [1.54, 1.807) is 0 Å². The second kappa shape index (κ2) is 9.27. The predicted octanol–water partition coefficient (Wildman–Crippen LogP) is 6.43. The highest BCUT2D eigenvalue weighted by Crippen LogP contribution is 2.64. The van der Waals surface area contributed by atoms with Crippen molar-refractivity contribution in [1.29, 1.82) is 0 Å². The fourth-order valence-corrected chi connectivity index (χ4v) is 7.06. The number of rotatable bonds is 9. The molecule has 2 saturated carbocycles. The Balaban J connectivity index is 1.61. The van der Waals surface area contributed by atoms with E-state index in [1.165, 1.54) is 17.5 Å². The molecule has 4 rings (SSSR count). The quantitative estimate of drug-likeness (QED) is 0.365. The van der Waals surface area contributed by atoms with Gasteiger partial charge >= 0.3 is 0 Å². The second-order valence-corrected chi connectivity index (χ2v) is 10.5. The number of aliphatic hydroxyl groups is 1. The first-order valence-electron chi connectivity index (χ1n) is 12.7. The van der Waals surface area contributed by atoms with E-state index in [0.717, 1.165) is 70.3 Å². The molecule has 31 heavy (non-hydrogen) atoms. The Morgan fingerprint density at radius 2 is 1.90 bits per heavy atom. The number of benzene rings is 1. The first-order chi connectivity index (χ1) is 15.0. The van der Waals surface area contributed by atoms with Gasteiger partial charge in [-0.15, -0.1) is 6.58 Å². The van der Waals surface area contributed by atoms with Crippen LogP contribution in [0.5, 0.6) is 5.75 Å². The lowest BCUT2D eigenvalue weighted by molar-refractivity contribution is -0.130. The summed E-state index contributed by atoms with van der Waals surface area (Å²) >= 11 is 0. The first-order valence-corrected chi connectivity index (χ1v) is 12.7. The van der Waals surface area contributed by atoms with Crippen LogP contribution in [-0.2, 0) is 11.2 Å². The van der Waals surface area contributed by atoms with Gasteiger partial charge in [0.15, 0.2) is 0 Å². The van der Waals surface area contributed by atoms with Crippen LogP contribution in [0, 0.1) is 17.3 Å². The number of fused-ring (bicyclic) bond motifs is 5. The molecule has 0 bridgehead atoms. The molecule has 0 saturated heterocycles. The van der Waals surface area contributed by atoms with Crippen LogP contribution in [0.1, 0.15) is 89.2 Å². The highest BCUT2D eigenvalue weighted by Gasteiger charge is 2.62. The molecule has 0 spiro atoms. The lowest BCUT2D eigenvalue weighted by atomic mass is 9.50. The number of hydrogen-bond acceptors (Lipinski definition) is 3. The van der Waals surface area contributed by atoms with Gasteiger partial charge in [0.1, 0.15) is 5.75 Å². The summed E-state index contributed by atoms with van der Waals surface area (Å²) in [5.41, 5.74) is 1.82. The summed E-state index contributed by atoms with van der Waals surface area (Å²) in [5.74, 6) is 2.20. The summed E-state index contributed by atoms with van der Waals surface area (Å²) in [6.07, 6.45) is 11.9. The van der Waals surface area contributed by atoms with E-state index in [1.807, 2.05) is 6.08 Å². The van der Waals surface area contributed by atoms with E-state index in [2.05, 4.69) is 45.5 Å². The standard InChI is InChI=1S/C28H42O3/c1-5-8-16-30-21-11-13-22-20(18-21)10-12-23-24-14-15-25(31-17-9-6-2)27(24,4)19-28(29,7-3)26(22)23/h7,11,13,18,23-26,29H,3,5-6,8-10,12,14-17,19H2,1-2,4H3/t23?,24?,25-,26?,27-,28-/m0/s1. The summed E-state index contributed by atoms with van der Waals surface area (Å²) in [7, 11) is 0. The van der Waals surface area contributed by atoms with Crippen molar-refractivity contribution in [3.05, 3.63) is 42.0 Å². The average Bonchev–Trinajstić information content (AvgIpc) is 3.09. The van der Waals surface area contributed by atoms with Gasteiger partial charge in [-0.05, 0) is 85.5 Å². The molecule has 172 valence electrons. The van der Waals surface area contributed by atoms with E-state index < -0.39 is 5.60 Å². The van der Waals surface area contributed by atoms with Gasteiger partial charge in [-0.1, -0.05) is 45.8 Å². The van der Waals surface area contributed by atoms with Gasteiger partial charge in [-0.3, -0.25) is 0 Å². The number of aryl methyl sites for hydroxylation is 1. The SMILES string of the molecule is C=C[C@]1(O)C[C@@]2(C)C(CC[C@@H]2OCCCC)C2CCc3cc(OCCCC)ccc3C21.